The molecule has 1 fully saturated rings. The van der Waals surface area contributed by atoms with Crippen molar-refractivity contribution in [2.45, 2.75) is 38.8 Å². The molecule has 3 rings (SSSR count). The Kier molecular flexibility index (Phi) is 6.88. The SMILES string of the molecule is CCc1[nH]c(C(=O)N[C@@H]2CCN(c3cc(C)nc(C(=O)OF)c3)C[C@@H]2OC)nc1Cl. The van der Waals surface area contributed by atoms with Crippen LogP contribution in [0.1, 0.15) is 45.8 Å². The summed E-state index contributed by atoms with van der Waals surface area (Å²) in [6.45, 7) is 4.65. The number of carbonyl (C=O) groups excluding carboxylic acids is 2. The van der Waals surface area contributed by atoms with E-state index in [1.165, 1.54) is 6.07 Å². The van der Waals surface area contributed by atoms with E-state index < -0.39 is 5.97 Å². The normalized spacial score (nSPS) is 18.9. The molecule has 2 aromatic heterocycles. The molecule has 3 heterocycles. The van der Waals surface area contributed by atoms with E-state index >= 15 is 0 Å². The predicted octanol–water partition coefficient (Wildman–Crippen LogP) is 2.39. The largest absolute Gasteiger partial charge is 0.397 e. The van der Waals surface area contributed by atoms with E-state index in [2.05, 4.69) is 25.2 Å². The van der Waals surface area contributed by atoms with E-state index in [0.29, 0.717) is 43.0 Å². The Morgan fingerprint density at radius 2 is 2.17 bits per heavy atom. The topological polar surface area (TPSA) is 109 Å². The fraction of sp³-hybridized carbons (Fsp3) is 0.474. The van der Waals surface area contributed by atoms with Crippen molar-refractivity contribution < 1.29 is 23.8 Å². The van der Waals surface area contributed by atoms with E-state index in [1.807, 2.05) is 11.8 Å². The Morgan fingerprint density at radius 1 is 1.40 bits per heavy atom. The van der Waals surface area contributed by atoms with Gasteiger partial charge in [-0.1, -0.05) is 18.5 Å². The number of methoxy groups -OCH3 is 1. The van der Waals surface area contributed by atoms with Crippen LogP contribution in [0.2, 0.25) is 5.15 Å². The van der Waals surface area contributed by atoms with Crippen LogP contribution in [0.3, 0.4) is 0 Å². The van der Waals surface area contributed by atoms with Crippen molar-refractivity contribution in [1.29, 1.82) is 0 Å². The Labute approximate surface area is 177 Å². The molecular formula is C19H23ClFN5O4. The van der Waals surface area contributed by atoms with Crippen LogP contribution in [0.5, 0.6) is 0 Å². The molecule has 0 saturated carbocycles. The number of ether oxygens (including phenoxy) is 1. The van der Waals surface area contributed by atoms with E-state index in [-0.39, 0.29) is 34.7 Å². The third-order valence-electron chi connectivity index (χ3n) is 5.06. The minimum atomic E-state index is -1.14. The van der Waals surface area contributed by atoms with Gasteiger partial charge in [-0.15, -0.1) is 0 Å². The van der Waals surface area contributed by atoms with Crippen molar-refractivity contribution in [3.63, 3.8) is 0 Å². The van der Waals surface area contributed by atoms with Crippen LogP contribution in [0.25, 0.3) is 0 Å². The summed E-state index contributed by atoms with van der Waals surface area (Å²) in [4.78, 5) is 40.3. The molecule has 1 amide bonds. The van der Waals surface area contributed by atoms with Gasteiger partial charge >= 0.3 is 5.97 Å². The van der Waals surface area contributed by atoms with Crippen molar-refractivity contribution in [3.05, 3.63) is 40.2 Å². The summed E-state index contributed by atoms with van der Waals surface area (Å²) in [5.74, 6) is -1.34. The van der Waals surface area contributed by atoms with E-state index in [1.54, 1.807) is 20.1 Å². The van der Waals surface area contributed by atoms with Gasteiger partial charge in [-0.3, -0.25) is 4.79 Å². The lowest BCUT2D eigenvalue weighted by molar-refractivity contribution is -0.0793. The zero-order chi connectivity index (χ0) is 21.8. The van der Waals surface area contributed by atoms with Crippen LogP contribution < -0.4 is 10.2 Å². The van der Waals surface area contributed by atoms with Crippen molar-refractivity contribution in [3.8, 4) is 0 Å². The number of carbonyl (C=O) groups is 2. The first-order valence-corrected chi connectivity index (χ1v) is 9.88. The number of imidazole rings is 1. The molecule has 11 heteroatoms. The summed E-state index contributed by atoms with van der Waals surface area (Å²) in [7, 11) is 1.57. The maximum absolute atomic E-state index is 12.6. The summed E-state index contributed by atoms with van der Waals surface area (Å²) >= 11 is 6.02. The first kappa shape index (κ1) is 22.0. The molecule has 162 valence electrons. The molecule has 0 radical (unpaired) electrons. The summed E-state index contributed by atoms with van der Waals surface area (Å²) in [5.41, 5.74) is 1.84. The van der Waals surface area contributed by atoms with Gasteiger partial charge in [0.15, 0.2) is 16.7 Å². The maximum atomic E-state index is 12.6. The lowest BCUT2D eigenvalue weighted by atomic mass is 10.0. The second-order valence-corrected chi connectivity index (χ2v) is 7.37. The van der Waals surface area contributed by atoms with Crippen molar-refractivity contribution in [2.24, 2.45) is 0 Å². The highest BCUT2D eigenvalue weighted by molar-refractivity contribution is 6.30. The predicted molar refractivity (Wildman–Crippen MR) is 107 cm³/mol. The zero-order valence-corrected chi connectivity index (χ0v) is 17.6. The van der Waals surface area contributed by atoms with Gasteiger partial charge in [-0.05, 0) is 31.9 Å². The van der Waals surface area contributed by atoms with E-state index in [4.69, 9.17) is 16.3 Å². The summed E-state index contributed by atoms with van der Waals surface area (Å²) < 4.78 is 17.9. The first-order valence-electron chi connectivity index (χ1n) is 9.50. The summed E-state index contributed by atoms with van der Waals surface area (Å²) in [6, 6.07) is 3.01. The van der Waals surface area contributed by atoms with E-state index in [0.717, 1.165) is 0 Å². The number of H-pyrrole nitrogens is 1. The highest BCUT2D eigenvalue weighted by Crippen LogP contribution is 2.24. The van der Waals surface area contributed by atoms with Crippen LogP contribution >= 0.6 is 11.6 Å². The molecule has 0 unspecified atom stereocenters. The van der Waals surface area contributed by atoms with Crippen LogP contribution in [0.4, 0.5) is 10.2 Å². The van der Waals surface area contributed by atoms with Gasteiger partial charge in [-0.2, -0.15) is 0 Å². The van der Waals surface area contributed by atoms with Gasteiger partial charge in [0.2, 0.25) is 0 Å². The number of aromatic nitrogens is 3. The lowest BCUT2D eigenvalue weighted by Crippen LogP contribution is -2.55. The Hall–Kier alpha value is -2.72. The van der Waals surface area contributed by atoms with Crippen molar-refractivity contribution in [1.82, 2.24) is 20.3 Å². The highest BCUT2D eigenvalue weighted by Gasteiger charge is 2.32. The molecule has 9 nitrogen and oxygen atoms in total. The van der Waals surface area contributed by atoms with Gasteiger partial charge in [0.05, 0.1) is 17.8 Å². The van der Waals surface area contributed by atoms with E-state index in [9.17, 15) is 14.1 Å². The number of pyridine rings is 1. The highest BCUT2D eigenvalue weighted by atomic mass is 35.5. The molecule has 2 N–H and O–H groups in total. The number of aromatic amines is 1. The monoisotopic (exact) mass is 439 g/mol. The molecule has 0 aromatic carbocycles. The molecule has 1 saturated heterocycles. The Balaban J connectivity index is 1.71. The van der Waals surface area contributed by atoms with Gasteiger partial charge in [0, 0.05) is 36.1 Å². The number of nitrogens with zero attached hydrogens (tertiary/aromatic N) is 3. The number of hydrogen-bond acceptors (Lipinski definition) is 7. The molecule has 2 atom stereocenters. The lowest BCUT2D eigenvalue weighted by Gasteiger charge is -2.39. The van der Waals surface area contributed by atoms with Crippen LogP contribution in [0, 0.1) is 6.92 Å². The fourth-order valence-electron chi connectivity index (χ4n) is 3.50. The molecule has 30 heavy (non-hydrogen) atoms. The van der Waals surface area contributed by atoms with Gasteiger partial charge in [0.25, 0.3) is 5.91 Å². The third-order valence-corrected chi connectivity index (χ3v) is 5.37. The molecular weight excluding hydrogens is 417 g/mol. The minimum Gasteiger partial charge on any atom is -0.377 e. The number of hydrogen-bond donors (Lipinski definition) is 2. The smallest absolute Gasteiger partial charge is 0.377 e. The van der Waals surface area contributed by atoms with Crippen molar-refractivity contribution >= 4 is 29.2 Å². The van der Waals surface area contributed by atoms with Crippen LogP contribution in [-0.2, 0) is 16.1 Å². The number of piperidine rings is 1. The summed E-state index contributed by atoms with van der Waals surface area (Å²) in [6.07, 6.45) is 0.911. The average molecular weight is 440 g/mol. The Bertz CT molecular complexity index is 938. The minimum absolute atomic E-state index is 0.113. The Morgan fingerprint density at radius 3 is 2.80 bits per heavy atom. The average Bonchev–Trinajstić information content (AvgIpc) is 3.13. The molecule has 0 aliphatic carbocycles. The van der Waals surface area contributed by atoms with Crippen LogP contribution in [-0.4, -0.2) is 59.2 Å². The number of rotatable bonds is 6. The fourth-order valence-corrected chi connectivity index (χ4v) is 3.76. The molecule has 1 aliphatic rings. The number of aryl methyl sites for hydroxylation is 2. The standard InChI is InChI=1S/C19H23ClFN5O4/c1-4-12-16(20)25-17(23-12)18(27)24-13-5-6-26(9-15(13)29-3)11-7-10(2)22-14(8-11)19(28)30-21/h7-8,13,15H,4-6,9H2,1-3H3,(H,23,25)(H,24,27)/t13-,15+/m1/s1. The molecule has 1 aliphatic heterocycles. The van der Waals surface area contributed by atoms with Gasteiger partial charge in [0.1, 0.15) is 0 Å². The maximum Gasteiger partial charge on any atom is 0.397 e. The van der Waals surface area contributed by atoms with Crippen molar-refractivity contribution in [2.75, 3.05) is 25.1 Å². The molecule has 0 bridgehead atoms. The molecule has 2 aromatic rings. The van der Waals surface area contributed by atoms with Gasteiger partial charge in [-0.25, -0.2) is 19.7 Å². The second-order valence-electron chi connectivity index (χ2n) is 7.01. The number of anilines is 1. The van der Waals surface area contributed by atoms with Gasteiger partial charge < -0.3 is 19.9 Å². The van der Waals surface area contributed by atoms with Crippen LogP contribution in [0.15, 0.2) is 12.1 Å². The number of nitrogens with one attached hydrogen (secondary N) is 2. The quantitative estimate of drug-likeness (QED) is 0.711. The molecule has 0 spiro atoms. The zero-order valence-electron chi connectivity index (χ0n) is 16.9. The first-order chi connectivity index (χ1) is 14.4. The summed E-state index contributed by atoms with van der Waals surface area (Å²) in [5, 5.41) is 3.23. The second kappa shape index (κ2) is 9.40. The number of amides is 1. The number of halogens is 2. The third kappa shape index (κ3) is 4.71.